The van der Waals surface area contributed by atoms with E-state index < -0.39 is 48.1 Å². The lowest BCUT2D eigenvalue weighted by atomic mass is 9.93. The maximum absolute atomic E-state index is 14.7. The second kappa shape index (κ2) is 13.4. The first-order valence-corrected chi connectivity index (χ1v) is 14.8. The molecule has 47 heavy (non-hydrogen) atoms. The molecule has 2 aromatic heterocycles. The fourth-order valence-electron chi connectivity index (χ4n) is 4.99. The largest absolute Gasteiger partial charge is 0.491 e. The van der Waals surface area contributed by atoms with Crippen LogP contribution in [0.2, 0.25) is 0 Å². The molecular formula is C34H32F4N4O5. The number of alkyl halides is 3. The molecule has 5 rings (SSSR count). The van der Waals surface area contributed by atoms with Gasteiger partial charge in [-0.15, -0.1) is 0 Å². The molecule has 1 aliphatic rings. The van der Waals surface area contributed by atoms with Crippen molar-refractivity contribution in [1.82, 2.24) is 15.3 Å². The van der Waals surface area contributed by atoms with Gasteiger partial charge in [-0.3, -0.25) is 14.6 Å². The van der Waals surface area contributed by atoms with E-state index in [-0.39, 0.29) is 40.8 Å². The van der Waals surface area contributed by atoms with Gasteiger partial charge < -0.3 is 25.6 Å². The van der Waals surface area contributed by atoms with Crippen molar-refractivity contribution in [2.45, 2.75) is 51.0 Å². The van der Waals surface area contributed by atoms with Crippen molar-refractivity contribution in [1.29, 1.82) is 0 Å². The molecule has 0 saturated heterocycles. The molecule has 4 N–H and O–H groups in total. The van der Waals surface area contributed by atoms with Crippen LogP contribution in [-0.2, 0) is 16.8 Å². The Morgan fingerprint density at radius 2 is 1.79 bits per heavy atom. The molecule has 1 saturated carbocycles. The zero-order chi connectivity index (χ0) is 33.9. The molecule has 0 aliphatic heterocycles. The average molecular weight is 653 g/mol. The van der Waals surface area contributed by atoms with E-state index >= 15 is 0 Å². The SMILES string of the molecule is CCOc1c(CC(N)=O)cc([C@@](O)(CNC(=O)c2ccc(OC3CC3)c(-c3cccnc3C)c2)C(F)(F)F)nc1-c1ccc(F)cc1. The first-order valence-electron chi connectivity index (χ1n) is 14.8. The van der Waals surface area contributed by atoms with Crippen LogP contribution in [0.3, 0.4) is 0 Å². The number of nitrogens with two attached hydrogens (primary N) is 1. The second-order valence-corrected chi connectivity index (χ2v) is 11.1. The maximum atomic E-state index is 14.7. The highest BCUT2D eigenvalue weighted by molar-refractivity contribution is 5.96. The summed E-state index contributed by atoms with van der Waals surface area (Å²) in [5, 5.41) is 13.5. The Hall–Kier alpha value is -5.04. The Morgan fingerprint density at radius 1 is 1.06 bits per heavy atom. The van der Waals surface area contributed by atoms with E-state index in [0.29, 0.717) is 22.6 Å². The van der Waals surface area contributed by atoms with Gasteiger partial charge in [-0.1, -0.05) is 6.07 Å². The van der Waals surface area contributed by atoms with Gasteiger partial charge in [-0.25, -0.2) is 9.37 Å². The molecule has 2 amide bonds. The fraction of sp³-hybridized carbons (Fsp3) is 0.294. The smallest absolute Gasteiger partial charge is 0.424 e. The van der Waals surface area contributed by atoms with E-state index in [1.165, 1.54) is 24.3 Å². The van der Waals surface area contributed by atoms with E-state index in [4.69, 9.17) is 15.2 Å². The van der Waals surface area contributed by atoms with E-state index in [1.807, 2.05) is 0 Å². The number of carbonyl (C=O) groups is 2. The van der Waals surface area contributed by atoms with E-state index in [2.05, 4.69) is 15.3 Å². The van der Waals surface area contributed by atoms with Crippen LogP contribution in [-0.4, -0.2) is 52.3 Å². The number of amides is 2. The van der Waals surface area contributed by atoms with Crippen LogP contribution in [0.4, 0.5) is 17.6 Å². The molecule has 9 nitrogen and oxygen atoms in total. The minimum Gasteiger partial charge on any atom is -0.491 e. The summed E-state index contributed by atoms with van der Waals surface area (Å²) in [4.78, 5) is 33.7. The summed E-state index contributed by atoms with van der Waals surface area (Å²) < 4.78 is 69.6. The van der Waals surface area contributed by atoms with Crippen molar-refractivity contribution in [3.05, 3.63) is 95.2 Å². The number of halogens is 4. The quantitative estimate of drug-likeness (QED) is 0.174. The Balaban J connectivity index is 1.53. The van der Waals surface area contributed by atoms with Gasteiger partial charge in [-0.05, 0) is 81.3 Å². The first kappa shape index (κ1) is 33.3. The number of aliphatic hydroxyl groups is 1. The fourth-order valence-corrected chi connectivity index (χ4v) is 4.99. The molecule has 1 atom stereocenters. The molecule has 0 radical (unpaired) electrons. The van der Waals surface area contributed by atoms with Gasteiger partial charge in [0.25, 0.3) is 5.91 Å². The summed E-state index contributed by atoms with van der Waals surface area (Å²) in [7, 11) is 0. The highest BCUT2D eigenvalue weighted by atomic mass is 19.4. The number of nitrogens with zero attached hydrogens (tertiary/aromatic N) is 2. The van der Waals surface area contributed by atoms with Crippen molar-refractivity contribution in [2.24, 2.45) is 5.73 Å². The predicted octanol–water partition coefficient (Wildman–Crippen LogP) is 5.41. The number of carbonyl (C=O) groups excluding carboxylic acids is 2. The van der Waals surface area contributed by atoms with Gasteiger partial charge in [-0.2, -0.15) is 13.2 Å². The summed E-state index contributed by atoms with van der Waals surface area (Å²) in [6.07, 6.45) is -2.50. The lowest BCUT2D eigenvalue weighted by molar-refractivity contribution is -0.265. The Labute approximate surface area is 267 Å². The number of hydrogen-bond acceptors (Lipinski definition) is 7. The Bertz CT molecular complexity index is 1790. The highest BCUT2D eigenvalue weighted by Gasteiger charge is 2.56. The van der Waals surface area contributed by atoms with Crippen molar-refractivity contribution < 1.29 is 41.7 Å². The van der Waals surface area contributed by atoms with Gasteiger partial charge in [0.1, 0.15) is 23.0 Å². The number of ether oxygens (including phenoxy) is 2. The number of rotatable bonds is 12. The Kier molecular flexibility index (Phi) is 9.48. The van der Waals surface area contributed by atoms with E-state index in [9.17, 15) is 32.3 Å². The molecule has 1 fully saturated rings. The van der Waals surface area contributed by atoms with Gasteiger partial charge in [0.15, 0.2) is 0 Å². The molecule has 246 valence electrons. The van der Waals surface area contributed by atoms with Crippen molar-refractivity contribution in [3.8, 4) is 33.9 Å². The number of hydrogen-bond donors (Lipinski definition) is 3. The van der Waals surface area contributed by atoms with Crippen LogP contribution >= 0.6 is 0 Å². The Morgan fingerprint density at radius 3 is 2.40 bits per heavy atom. The average Bonchev–Trinajstić information content (AvgIpc) is 3.85. The number of primary amides is 1. The number of pyridine rings is 2. The third kappa shape index (κ3) is 7.35. The summed E-state index contributed by atoms with van der Waals surface area (Å²) in [5.74, 6) is -1.95. The summed E-state index contributed by atoms with van der Waals surface area (Å²) >= 11 is 0. The highest BCUT2D eigenvalue weighted by Crippen LogP contribution is 2.42. The van der Waals surface area contributed by atoms with Gasteiger partial charge in [0, 0.05) is 39.7 Å². The monoisotopic (exact) mass is 652 g/mol. The normalized spacial score (nSPS) is 14.3. The summed E-state index contributed by atoms with van der Waals surface area (Å²) in [6, 6.07) is 13.6. The van der Waals surface area contributed by atoms with Gasteiger partial charge in [0.05, 0.1) is 31.4 Å². The molecule has 13 heteroatoms. The topological polar surface area (TPSA) is 137 Å². The molecule has 1 aliphatic carbocycles. The van der Waals surface area contributed by atoms with Gasteiger partial charge in [0.2, 0.25) is 11.5 Å². The van der Waals surface area contributed by atoms with Crippen LogP contribution in [0.5, 0.6) is 11.5 Å². The van der Waals surface area contributed by atoms with Crippen LogP contribution in [0.15, 0.2) is 66.9 Å². The van der Waals surface area contributed by atoms with Crippen LogP contribution < -0.4 is 20.5 Å². The van der Waals surface area contributed by atoms with Crippen molar-refractivity contribution >= 4 is 11.8 Å². The van der Waals surface area contributed by atoms with Crippen LogP contribution in [0.1, 0.15) is 47.1 Å². The zero-order valence-corrected chi connectivity index (χ0v) is 25.5. The molecule has 2 aromatic carbocycles. The number of aromatic nitrogens is 2. The maximum Gasteiger partial charge on any atom is 0.424 e. The minimum atomic E-state index is -5.36. The van der Waals surface area contributed by atoms with Crippen molar-refractivity contribution in [2.75, 3.05) is 13.2 Å². The van der Waals surface area contributed by atoms with Gasteiger partial charge >= 0.3 is 6.18 Å². The molecule has 0 unspecified atom stereocenters. The predicted molar refractivity (Wildman–Crippen MR) is 164 cm³/mol. The number of benzene rings is 2. The summed E-state index contributed by atoms with van der Waals surface area (Å²) in [6.45, 7) is 2.11. The van der Waals surface area contributed by atoms with Crippen molar-refractivity contribution in [3.63, 3.8) is 0 Å². The zero-order valence-electron chi connectivity index (χ0n) is 25.5. The lowest BCUT2D eigenvalue weighted by Crippen LogP contribution is -2.51. The second-order valence-electron chi connectivity index (χ2n) is 11.1. The molecule has 0 spiro atoms. The molecule has 2 heterocycles. The third-order valence-corrected chi connectivity index (χ3v) is 7.58. The number of aryl methyl sites for hydroxylation is 1. The molecule has 4 aromatic rings. The lowest BCUT2D eigenvalue weighted by Gasteiger charge is -2.31. The summed E-state index contributed by atoms with van der Waals surface area (Å²) in [5.41, 5.74) is 2.51. The molecule has 0 bridgehead atoms. The van der Waals surface area contributed by atoms with Crippen LogP contribution in [0, 0.1) is 12.7 Å². The minimum absolute atomic E-state index is 0.0111. The first-order chi connectivity index (χ1) is 22.3. The van der Waals surface area contributed by atoms with E-state index in [1.54, 1.807) is 38.2 Å². The van der Waals surface area contributed by atoms with Crippen LogP contribution in [0.25, 0.3) is 22.4 Å². The molecular weight excluding hydrogens is 620 g/mol. The standard InChI is InChI=1S/C34H32F4N4O5/c1-3-46-31-22(17-29(39)43)16-28(42-30(31)20-6-9-23(35)10-7-20)33(45,34(36,37)38)18-41-32(44)21-8-13-27(47-24-11-12-24)26(15-21)25-5-4-14-40-19(25)2/h4-10,13-16,24,45H,3,11-12,17-18H2,1-2H3,(H2,39,43)(H,41,44)/t33-/m0/s1. The van der Waals surface area contributed by atoms with E-state index in [0.717, 1.165) is 31.0 Å². The number of nitrogens with one attached hydrogen (secondary N) is 1. The third-order valence-electron chi connectivity index (χ3n) is 7.58.